The van der Waals surface area contributed by atoms with Crippen LogP contribution in [0.3, 0.4) is 0 Å². The third-order valence-corrected chi connectivity index (χ3v) is 11.2. The molecule has 0 bridgehead atoms. The van der Waals surface area contributed by atoms with Crippen molar-refractivity contribution < 1.29 is 19.5 Å². The minimum absolute atomic E-state index is 0. The van der Waals surface area contributed by atoms with E-state index < -0.39 is 15.8 Å². The van der Waals surface area contributed by atoms with Crippen LogP contribution < -0.4 is 21.2 Å². The van der Waals surface area contributed by atoms with Gasteiger partial charge in [0.15, 0.2) is 0 Å². The number of rotatable bonds is 7. The first kappa shape index (κ1) is 26.3. The second-order valence-electron chi connectivity index (χ2n) is 6.92. The molecule has 0 nitrogen and oxygen atoms in total. The van der Waals surface area contributed by atoms with E-state index in [1.807, 2.05) is 0 Å². The Hall–Kier alpha value is -0.937. The molecule has 4 aromatic rings. The summed E-state index contributed by atoms with van der Waals surface area (Å²) in [7, 11) is -1.57. The van der Waals surface area contributed by atoms with Crippen LogP contribution in [0.1, 0.15) is 0 Å². The van der Waals surface area contributed by atoms with Gasteiger partial charge in [-0.3, -0.25) is 0 Å². The molecule has 0 aromatic heterocycles. The Bertz CT molecular complexity index is 809. The van der Waals surface area contributed by atoms with Crippen LogP contribution in [0.4, 0.5) is 0 Å². The molecule has 0 heterocycles. The average Bonchev–Trinajstić information content (AvgIpc) is 2.85. The SMILES string of the molecule is [RhH+2].[S-][S-].c1ccc([PH+](CC[PH+](c2ccccc2)c2ccccc2)c2ccccc2)cc1. The minimum atomic E-state index is -0.783. The standard InChI is InChI=1S/C26H24P2.Rh.S2.H/c1-5-13-23(14-6-1)27(24-15-7-2-8-16-24)21-22-28(25-17-9-3-10-18-25)26-19-11-4-12-20-26;;1-2;/h1-20H,21-22H2;;;/q;+2;-2;/p+2. The largest absolute Gasteiger partial charge is 1.00 e. The third-order valence-electron chi connectivity index (χ3n) is 5.11. The summed E-state index contributed by atoms with van der Waals surface area (Å²) in [5, 5.41) is 6.06. The summed E-state index contributed by atoms with van der Waals surface area (Å²) in [4.78, 5) is 0. The molecule has 31 heavy (non-hydrogen) atoms. The molecule has 0 aliphatic carbocycles. The van der Waals surface area contributed by atoms with E-state index in [4.69, 9.17) is 0 Å². The minimum Gasteiger partial charge on any atom is -1.00 e. The number of hydrogen-bond donors (Lipinski definition) is 0. The first-order valence-electron chi connectivity index (χ1n) is 10.0. The predicted octanol–water partition coefficient (Wildman–Crippen LogP) is 4.44. The molecule has 0 aliphatic rings. The van der Waals surface area contributed by atoms with E-state index >= 15 is 0 Å². The molecule has 1 radical (unpaired) electrons. The normalized spacial score (nSPS) is 10.2. The van der Waals surface area contributed by atoms with Crippen molar-refractivity contribution in [2.45, 2.75) is 0 Å². The van der Waals surface area contributed by atoms with E-state index in [0.29, 0.717) is 0 Å². The van der Waals surface area contributed by atoms with E-state index in [9.17, 15) is 0 Å². The zero-order valence-electron chi connectivity index (χ0n) is 17.1. The van der Waals surface area contributed by atoms with Gasteiger partial charge in [0.05, 0.1) is 37.1 Å². The molecule has 0 atom stereocenters. The summed E-state index contributed by atoms with van der Waals surface area (Å²) in [6.45, 7) is 0. The van der Waals surface area contributed by atoms with Crippen LogP contribution in [0.5, 0.6) is 0 Å². The van der Waals surface area contributed by atoms with Crippen molar-refractivity contribution in [3.8, 4) is 0 Å². The van der Waals surface area contributed by atoms with Gasteiger partial charge < -0.3 is 23.3 Å². The summed E-state index contributed by atoms with van der Waals surface area (Å²) >= 11 is 7.33. The molecule has 0 saturated heterocycles. The molecule has 0 amide bonds. The summed E-state index contributed by atoms with van der Waals surface area (Å²) in [6, 6.07) is 44.5. The fraction of sp³-hybridized carbons (Fsp3) is 0.0769. The van der Waals surface area contributed by atoms with E-state index in [1.54, 1.807) is 0 Å². The molecule has 0 aliphatic heterocycles. The van der Waals surface area contributed by atoms with Gasteiger partial charge in [-0.2, -0.15) is 0 Å². The van der Waals surface area contributed by atoms with Gasteiger partial charge in [-0.1, -0.05) is 72.8 Å². The van der Waals surface area contributed by atoms with Gasteiger partial charge in [0.1, 0.15) is 12.3 Å². The maximum absolute atomic E-state index is 3.67. The fourth-order valence-electron chi connectivity index (χ4n) is 3.72. The monoisotopic (exact) mass is 568 g/mol. The maximum Gasteiger partial charge on any atom is 0.101 e. The van der Waals surface area contributed by atoms with E-state index in [0.717, 1.165) is 0 Å². The molecular weight excluding hydrogens is 541 g/mol. The van der Waals surface area contributed by atoms with E-state index in [1.165, 1.54) is 33.5 Å². The predicted molar refractivity (Wildman–Crippen MR) is 147 cm³/mol. The fourth-order valence-corrected chi connectivity index (χ4v) is 9.92. The Morgan fingerprint density at radius 3 is 0.774 bits per heavy atom. The van der Waals surface area contributed by atoms with Crippen LogP contribution in [-0.2, 0) is 42.8 Å². The van der Waals surface area contributed by atoms with Crippen molar-refractivity contribution in [1.82, 2.24) is 0 Å². The molecule has 0 N–H and O–H groups in total. The average molecular weight is 568 g/mol. The van der Waals surface area contributed by atoms with Crippen molar-refractivity contribution in [3.05, 3.63) is 121 Å². The maximum atomic E-state index is 3.67. The molecule has 0 fully saturated rings. The van der Waals surface area contributed by atoms with Gasteiger partial charge in [0.2, 0.25) is 0 Å². The van der Waals surface area contributed by atoms with Crippen molar-refractivity contribution in [2.24, 2.45) is 0 Å². The second-order valence-corrected chi connectivity index (χ2v) is 12.1. The molecule has 4 rings (SSSR count). The first-order chi connectivity index (χ1) is 14.9. The molecule has 0 spiro atoms. The third kappa shape index (κ3) is 7.85. The van der Waals surface area contributed by atoms with E-state index in [2.05, 4.69) is 145 Å². The van der Waals surface area contributed by atoms with Crippen molar-refractivity contribution in [2.75, 3.05) is 12.3 Å². The Kier molecular flexibility index (Phi) is 12.7. The van der Waals surface area contributed by atoms with Crippen LogP contribution in [0.25, 0.3) is 0 Å². The first-order valence-corrected chi connectivity index (χ1v) is 14.8. The smallest absolute Gasteiger partial charge is 0.101 e. The van der Waals surface area contributed by atoms with E-state index in [-0.39, 0.29) is 19.5 Å². The Balaban J connectivity index is 0.00000111. The zero-order chi connectivity index (χ0) is 21.0. The summed E-state index contributed by atoms with van der Waals surface area (Å²) in [5.41, 5.74) is 0. The van der Waals surface area contributed by atoms with Gasteiger partial charge >= 0.3 is 19.5 Å². The van der Waals surface area contributed by atoms with Gasteiger partial charge in [-0.05, 0) is 48.5 Å². The Morgan fingerprint density at radius 2 is 0.581 bits per heavy atom. The Labute approximate surface area is 212 Å². The van der Waals surface area contributed by atoms with Gasteiger partial charge in [-0.15, -0.1) is 0 Å². The molecule has 4 aromatic carbocycles. The van der Waals surface area contributed by atoms with Crippen molar-refractivity contribution in [1.29, 1.82) is 0 Å². The van der Waals surface area contributed by atoms with Gasteiger partial charge in [0.25, 0.3) is 0 Å². The van der Waals surface area contributed by atoms with Crippen molar-refractivity contribution >= 4 is 60.4 Å². The summed E-state index contributed by atoms with van der Waals surface area (Å²) in [6.07, 6.45) is 2.52. The summed E-state index contributed by atoms with van der Waals surface area (Å²) < 4.78 is 0. The molecule has 0 saturated carbocycles. The second kappa shape index (κ2) is 15.0. The zero-order valence-corrected chi connectivity index (χ0v) is 22.5. The van der Waals surface area contributed by atoms with Gasteiger partial charge in [0, 0.05) is 0 Å². The van der Waals surface area contributed by atoms with Crippen LogP contribution in [-0.4, -0.2) is 12.3 Å². The topological polar surface area (TPSA) is 0 Å². The van der Waals surface area contributed by atoms with Crippen LogP contribution in [0.15, 0.2) is 121 Å². The van der Waals surface area contributed by atoms with Gasteiger partial charge in [-0.25, -0.2) is 0 Å². The van der Waals surface area contributed by atoms with Crippen LogP contribution >= 0.6 is 15.8 Å². The summed E-state index contributed by atoms with van der Waals surface area (Å²) in [5.74, 6) is 0. The quantitative estimate of drug-likeness (QED) is 0.140. The molecule has 160 valence electrons. The molecular formula is C26H27P2RhS2+2. The molecule has 0 unspecified atom stereocenters. The van der Waals surface area contributed by atoms with Crippen molar-refractivity contribution in [3.63, 3.8) is 0 Å². The van der Waals surface area contributed by atoms with Crippen LogP contribution in [0.2, 0.25) is 0 Å². The number of hydrogen-bond acceptors (Lipinski definition) is 2. The molecule has 5 heteroatoms. The Morgan fingerprint density at radius 1 is 0.387 bits per heavy atom. The van der Waals surface area contributed by atoms with Crippen LogP contribution in [0, 0.1) is 0 Å². The number of benzene rings is 4.